The quantitative estimate of drug-likeness (QED) is 0.325. The van der Waals surface area contributed by atoms with Crippen molar-refractivity contribution in [2.24, 2.45) is 0 Å². The lowest BCUT2D eigenvalue weighted by molar-refractivity contribution is -0.148. The summed E-state index contributed by atoms with van der Waals surface area (Å²) in [6.07, 6.45) is 2.95. The van der Waals surface area contributed by atoms with Crippen molar-refractivity contribution in [3.8, 4) is 23.1 Å². The highest BCUT2D eigenvalue weighted by Crippen LogP contribution is 2.39. The Kier molecular flexibility index (Phi) is 10.4. The molecule has 10 nitrogen and oxygen atoms in total. The van der Waals surface area contributed by atoms with Crippen molar-refractivity contribution < 1.29 is 38.1 Å². The molecule has 1 aromatic carbocycles. The Morgan fingerprint density at radius 2 is 1.70 bits per heavy atom. The minimum atomic E-state index is -0.621. The number of rotatable bonds is 12. The Bertz CT molecular complexity index is 1060. The largest absolute Gasteiger partial charge is 0.493 e. The second-order valence-electron chi connectivity index (χ2n) is 8.49. The number of esters is 1. The first kappa shape index (κ1) is 28.0. The van der Waals surface area contributed by atoms with Crippen LogP contribution in [-0.2, 0) is 14.4 Å². The van der Waals surface area contributed by atoms with E-state index >= 15 is 0 Å². The maximum atomic E-state index is 13.0. The Morgan fingerprint density at radius 3 is 2.38 bits per heavy atom. The number of nitrogens with zero attached hydrogens (tertiary/aromatic N) is 1. The number of hydroxylamine groups is 1. The third-order valence-electron chi connectivity index (χ3n) is 6.01. The predicted molar refractivity (Wildman–Crippen MR) is 135 cm³/mol. The Morgan fingerprint density at radius 1 is 0.973 bits per heavy atom. The molecule has 0 radical (unpaired) electrons. The van der Waals surface area contributed by atoms with E-state index in [0.29, 0.717) is 62.2 Å². The van der Waals surface area contributed by atoms with Gasteiger partial charge in [-0.1, -0.05) is 6.07 Å². The van der Waals surface area contributed by atoms with Crippen LogP contribution in [0.4, 0.5) is 0 Å². The summed E-state index contributed by atoms with van der Waals surface area (Å²) in [6.45, 7) is 8.27. The lowest BCUT2D eigenvalue weighted by atomic mass is 9.79. The van der Waals surface area contributed by atoms with Gasteiger partial charge in [-0.3, -0.25) is 4.79 Å². The van der Waals surface area contributed by atoms with Crippen LogP contribution in [0.1, 0.15) is 68.8 Å². The van der Waals surface area contributed by atoms with Gasteiger partial charge < -0.3 is 28.5 Å². The molecule has 0 amide bonds. The summed E-state index contributed by atoms with van der Waals surface area (Å²) in [7, 11) is 1.59. The summed E-state index contributed by atoms with van der Waals surface area (Å²) < 4.78 is 27.7. The lowest BCUT2D eigenvalue weighted by Gasteiger charge is -2.36. The summed E-state index contributed by atoms with van der Waals surface area (Å²) in [5.74, 6) is 0.876. The van der Waals surface area contributed by atoms with Gasteiger partial charge in [-0.25, -0.2) is 9.78 Å². The Labute approximate surface area is 217 Å². The molecule has 1 aromatic heterocycles. The van der Waals surface area contributed by atoms with Crippen LogP contribution in [0.3, 0.4) is 0 Å². The van der Waals surface area contributed by atoms with Crippen molar-refractivity contribution in [2.45, 2.75) is 65.0 Å². The predicted octanol–water partition coefficient (Wildman–Crippen LogP) is 4.22. The molecule has 1 aliphatic carbocycles. The van der Waals surface area contributed by atoms with Gasteiger partial charge >= 0.3 is 11.9 Å². The van der Waals surface area contributed by atoms with Crippen molar-refractivity contribution in [1.29, 1.82) is 0 Å². The highest BCUT2D eigenvalue weighted by Gasteiger charge is 2.35. The van der Waals surface area contributed by atoms with Crippen LogP contribution in [-0.4, -0.2) is 56.0 Å². The standard InChI is InChI=1S/C27H36N2O8/c1-6-33-24-15-26(35-8-3)28-16-21(24)27(31)37-29-22-11-10-19(36-17(4)30)14-20(22)18-9-12-23(32-5)25(13-18)34-7-2/h9,12-13,15-16,19-20,22,29H,6-8,10-11,14H2,1-5H3/t19-,20-,22-/m1/s1. The summed E-state index contributed by atoms with van der Waals surface area (Å²) in [4.78, 5) is 34.3. The molecule has 1 aliphatic rings. The van der Waals surface area contributed by atoms with E-state index in [1.54, 1.807) is 13.2 Å². The molecule has 0 spiro atoms. The number of carbonyl (C=O) groups is 2. The van der Waals surface area contributed by atoms with Crippen LogP contribution in [0, 0.1) is 0 Å². The highest BCUT2D eigenvalue weighted by molar-refractivity contribution is 5.92. The lowest BCUT2D eigenvalue weighted by Crippen LogP contribution is -2.42. The SMILES string of the molecule is CCOc1cc(OCC)c(C(=O)ON[C@@H]2CC[C@@H](OC(C)=O)C[C@@H]2c2ccc(OC)c(OCC)c2)cn1. The number of hydrogen-bond acceptors (Lipinski definition) is 10. The number of methoxy groups -OCH3 is 1. The van der Waals surface area contributed by atoms with Gasteiger partial charge in [0.15, 0.2) is 11.5 Å². The second-order valence-corrected chi connectivity index (χ2v) is 8.49. The van der Waals surface area contributed by atoms with Crippen molar-refractivity contribution in [3.63, 3.8) is 0 Å². The van der Waals surface area contributed by atoms with E-state index in [1.807, 2.05) is 39.0 Å². The van der Waals surface area contributed by atoms with Crippen molar-refractivity contribution in [3.05, 3.63) is 41.6 Å². The fourth-order valence-corrected chi connectivity index (χ4v) is 4.43. The fraction of sp³-hybridized carbons (Fsp3) is 0.519. The van der Waals surface area contributed by atoms with E-state index in [4.69, 9.17) is 28.5 Å². The van der Waals surface area contributed by atoms with Gasteiger partial charge in [0.05, 0.1) is 33.0 Å². The number of benzene rings is 1. The van der Waals surface area contributed by atoms with Crippen LogP contribution in [0.2, 0.25) is 0 Å². The molecule has 202 valence electrons. The number of pyridine rings is 1. The number of carbonyl (C=O) groups excluding carboxylic acids is 2. The topological polar surface area (TPSA) is 114 Å². The minimum absolute atomic E-state index is 0.124. The van der Waals surface area contributed by atoms with Gasteiger partial charge in [-0.05, 0) is 57.7 Å². The molecule has 1 N–H and O–H groups in total. The summed E-state index contributed by atoms with van der Waals surface area (Å²) in [5.41, 5.74) is 4.09. The molecule has 0 bridgehead atoms. The zero-order chi connectivity index (χ0) is 26.8. The van der Waals surface area contributed by atoms with Crippen LogP contribution in [0.15, 0.2) is 30.5 Å². The average Bonchev–Trinajstić information content (AvgIpc) is 2.88. The van der Waals surface area contributed by atoms with E-state index in [2.05, 4.69) is 10.5 Å². The van der Waals surface area contributed by atoms with E-state index in [9.17, 15) is 9.59 Å². The maximum absolute atomic E-state index is 13.0. The minimum Gasteiger partial charge on any atom is -0.493 e. The third-order valence-corrected chi connectivity index (χ3v) is 6.01. The van der Waals surface area contributed by atoms with Crippen LogP contribution in [0.5, 0.6) is 23.1 Å². The molecular weight excluding hydrogens is 480 g/mol. The van der Waals surface area contributed by atoms with Gasteiger partial charge in [0.1, 0.15) is 17.4 Å². The zero-order valence-corrected chi connectivity index (χ0v) is 22.1. The van der Waals surface area contributed by atoms with Gasteiger partial charge in [-0.15, -0.1) is 5.48 Å². The molecule has 1 saturated carbocycles. The van der Waals surface area contributed by atoms with E-state index in [-0.39, 0.29) is 29.6 Å². The first-order chi connectivity index (χ1) is 17.9. The smallest absolute Gasteiger partial charge is 0.362 e. The molecule has 0 unspecified atom stereocenters. The van der Waals surface area contributed by atoms with Crippen LogP contribution < -0.4 is 24.4 Å². The average molecular weight is 517 g/mol. The number of hydrogen-bond donors (Lipinski definition) is 1. The van der Waals surface area contributed by atoms with Crippen LogP contribution in [0.25, 0.3) is 0 Å². The Hall–Kier alpha value is -3.53. The first-order valence-electron chi connectivity index (χ1n) is 12.6. The molecular formula is C27H36N2O8. The van der Waals surface area contributed by atoms with Gasteiger partial charge in [0, 0.05) is 25.1 Å². The fourth-order valence-electron chi connectivity index (χ4n) is 4.43. The number of nitrogens with one attached hydrogen (secondary N) is 1. The van der Waals surface area contributed by atoms with Crippen LogP contribution >= 0.6 is 0 Å². The molecule has 2 aromatic rings. The normalized spacial score (nSPS) is 19.0. The molecule has 0 saturated heterocycles. The van der Waals surface area contributed by atoms with Crippen molar-refractivity contribution in [2.75, 3.05) is 26.9 Å². The maximum Gasteiger partial charge on any atom is 0.362 e. The van der Waals surface area contributed by atoms with Gasteiger partial charge in [-0.2, -0.15) is 0 Å². The van der Waals surface area contributed by atoms with E-state index in [1.165, 1.54) is 13.1 Å². The van der Waals surface area contributed by atoms with E-state index < -0.39 is 5.97 Å². The third kappa shape index (κ3) is 7.48. The molecule has 3 rings (SSSR count). The Balaban J connectivity index is 1.81. The molecule has 3 atom stereocenters. The van der Waals surface area contributed by atoms with E-state index in [0.717, 1.165) is 5.56 Å². The van der Waals surface area contributed by atoms with Crippen molar-refractivity contribution in [1.82, 2.24) is 10.5 Å². The molecule has 37 heavy (non-hydrogen) atoms. The zero-order valence-electron chi connectivity index (χ0n) is 22.1. The highest BCUT2D eigenvalue weighted by atomic mass is 16.7. The van der Waals surface area contributed by atoms with Crippen molar-refractivity contribution >= 4 is 11.9 Å². The van der Waals surface area contributed by atoms with Gasteiger partial charge in [0.2, 0.25) is 5.88 Å². The molecule has 10 heteroatoms. The molecule has 1 heterocycles. The first-order valence-corrected chi connectivity index (χ1v) is 12.6. The monoisotopic (exact) mass is 516 g/mol. The molecule has 0 aliphatic heterocycles. The summed E-state index contributed by atoms with van der Waals surface area (Å²) in [6, 6.07) is 7.05. The number of ether oxygens (including phenoxy) is 5. The second kappa shape index (κ2) is 13.7. The number of aromatic nitrogens is 1. The van der Waals surface area contributed by atoms with Gasteiger partial charge in [0.25, 0.3) is 0 Å². The summed E-state index contributed by atoms with van der Waals surface area (Å²) in [5, 5.41) is 0. The molecule has 1 fully saturated rings. The summed E-state index contributed by atoms with van der Waals surface area (Å²) >= 11 is 0.